The summed E-state index contributed by atoms with van der Waals surface area (Å²) in [5.74, 6) is 0.972. The van der Waals surface area contributed by atoms with Gasteiger partial charge in [-0.05, 0) is 26.8 Å². The van der Waals surface area contributed by atoms with E-state index < -0.39 is 0 Å². The van der Waals surface area contributed by atoms with E-state index >= 15 is 0 Å². The van der Waals surface area contributed by atoms with E-state index in [0.717, 1.165) is 37.2 Å². The molecule has 0 radical (unpaired) electrons. The van der Waals surface area contributed by atoms with Crippen LogP contribution in [0.4, 0.5) is 0 Å². The number of hydrogen-bond acceptors (Lipinski definition) is 4. The summed E-state index contributed by atoms with van der Waals surface area (Å²) in [6, 6.07) is 8.65. The number of likely N-dealkylation sites (tertiary alicyclic amines) is 1. The maximum Gasteiger partial charge on any atom is 0.249 e. The Balaban J connectivity index is 1.82. The van der Waals surface area contributed by atoms with E-state index in [0.29, 0.717) is 25.7 Å². The van der Waals surface area contributed by atoms with Crippen molar-refractivity contribution in [1.82, 2.24) is 9.80 Å². The fourth-order valence-corrected chi connectivity index (χ4v) is 3.77. The molecule has 1 spiro atoms. The number of fused-ring (bicyclic) bond motifs is 1. The van der Waals surface area contributed by atoms with Crippen molar-refractivity contribution in [1.29, 1.82) is 0 Å². The molecular weight excluding hydrogens is 316 g/mol. The molecule has 5 heteroatoms. The molecule has 1 saturated heterocycles. The Kier molecular flexibility index (Phi) is 5.64. The molecule has 2 heterocycles. The van der Waals surface area contributed by atoms with Gasteiger partial charge in [0.25, 0.3) is 0 Å². The Morgan fingerprint density at radius 2 is 2.00 bits per heavy atom. The molecule has 0 N–H and O–H groups in total. The van der Waals surface area contributed by atoms with Gasteiger partial charge in [0.05, 0.1) is 6.54 Å². The lowest BCUT2D eigenvalue weighted by atomic mass is 9.89. The van der Waals surface area contributed by atoms with E-state index in [9.17, 15) is 4.79 Å². The second-order valence-electron chi connectivity index (χ2n) is 7.41. The molecule has 0 saturated carbocycles. The van der Waals surface area contributed by atoms with Crippen LogP contribution < -0.4 is 4.74 Å². The second kappa shape index (κ2) is 7.75. The van der Waals surface area contributed by atoms with Crippen molar-refractivity contribution in [3.63, 3.8) is 0 Å². The van der Waals surface area contributed by atoms with Crippen molar-refractivity contribution in [3.05, 3.63) is 29.8 Å². The van der Waals surface area contributed by atoms with Gasteiger partial charge in [-0.25, -0.2) is 0 Å². The highest BCUT2D eigenvalue weighted by molar-refractivity contribution is 5.77. The standard InChI is InChI=1S/C20H30N2O3/c1-4-24-14-19(23)22-13-17-7-5-6-8-18(17)25-20(15-22)9-11-21(12-10-20)16(2)3/h5-8,16H,4,9-15H2,1-3H3. The van der Waals surface area contributed by atoms with Crippen LogP contribution in [0.3, 0.4) is 0 Å². The number of carbonyl (C=O) groups excluding carboxylic acids is 1. The number of piperidine rings is 1. The van der Waals surface area contributed by atoms with Crippen molar-refractivity contribution in [2.45, 2.75) is 51.8 Å². The molecule has 25 heavy (non-hydrogen) atoms. The van der Waals surface area contributed by atoms with E-state index in [1.807, 2.05) is 30.0 Å². The Bertz CT molecular complexity index is 594. The Labute approximate surface area is 150 Å². The van der Waals surface area contributed by atoms with Gasteiger partial charge in [0.1, 0.15) is 18.0 Å². The first-order valence-corrected chi connectivity index (χ1v) is 9.39. The monoisotopic (exact) mass is 346 g/mol. The van der Waals surface area contributed by atoms with Crippen molar-refractivity contribution in [2.75, 3.05) is 32.8 Å². The highest BCUT2D eigenvalue weighted by Gasteiger charge is 2.42. The van der Waals surface area contributed by atoms with Crippen molar-refractivity contribution in [2.24, 2.45) is 0 Å². The number of para-hydroxylation sites is 1. The van der Waals surface area contributed by atoms with Crippen LogP contribution in [0.25, 0.3) is 0 Å². The molecule has 1 amide bonds. The molecule has 0 unspecified atom stereocenters. The van der Waals surface area contributed by atoms with Gasteiger partial charge in [0.15, 0.2) is 0 Å². The first-order valence-electron chi connectivity index (χ1n) is 9.39. The van der Waals surface area contributed by atoms with Crippen LogP contribution in [0, 0.1) is 0 Å². The first kappa shape index (κ1) is 18.2. The number of nitrogens with zero attached hydrogens (tertiary/aromatic N) is 2. The normalized spacial score (nSPS) is 20.2. The van der Waals surface area contributed by atoms with Crippen molar-refractivity contribution < 1.29 is 14.3 Å². The van der Waals surface area contributed by atoms with Crippen LogP contribution in [0.2, 0.25) is 0 Å². The molecule has 0 atom stereocenters. The molecule has 2 aliphatic rings. The summed E-state index contributed by atoms with van der Waals surface area (Å²) in [7, 11) is 0. The average molecular weight is 346 g/mol. The summed E-state index contributed by atoms with van der Waals surface area (Å²) in [6.45, 7) is 10.3. The van der Waals surface area contributed by atoms with E-state index in [-0.39, 0.29) is 18.1 Å². The van der Waals surface area contributed by atoms with Crippen LogP contribution in [-0.4, -0.2) is 60.2 Å². The fourth-order valence-electron chi connectivity index (χ4n) is 3.77. The highest BCUT2D eigenvalue weighted by atomic mass is 16.5. The number of carbonyl (C=O) groups is 1. The lowest BCUT2D eigenvalue weighted by molar-refractivity contribution is -0.140. The van der Waals surface area contributed by atoms with Gasteiger partial charge in [0, 0.05) is 50.7 Å². The van der Waals surface area contributed by atoms with Crippen molar-refractivity contribution in [3.8, 4) is 5.75 Å². The number of hydrogen-bond donors (Lipinski definition) is 0. The molecule has 1 aromatic carbocycles. The van der Waals surface area contributed by atoms with E-state index in [1.54, 1.807) is 0 Å². The molecule has 5 nitrogen and oxygen atoms in total. The van der Waals surface area contributed by atoms with Crippen LogP contribution >= 0.6 is 0 Å². The third-order valence-corrected chi connectivity index (χ3v) is 5.36. The minimum atomic E-state index is -0.292. The third-order valence-electron chi connectivity index (χ3n) is 5.36. The predicted molar refractivity (Wildman–Crippen MR) is 97.7 cm³/mol. The average Bonchev–Trinajstić information content (AvgIpc) is 2.76. The van der Waals surface area contributed by atoms with Gasteiger partial charge in [-0.15, -0.1) is 0 Å². The first-order chi connectivity index (χ1) is 12.0. The van der Waals surface area contributed by atoms with Crippen LogP contribution in [0.5, 0.6) is 5.75 Å². The summed E-state index contributed by atoms with van der Waals surface area (Å²) in [5.41, 5.74) is 0.787. The Hall–Kier alpha value is -1.59. The zero-order valence-electron chi connectivity index (χ0n) is 15.7. The smallest absolute Gasteiger partial charge is 0.249 e. The van der Waals surface area contributed by atoms with Gasteiger partial charge < -0.3 is 19.3 Å². The number of ether oxygens (including phenoxy) is 2. The van der Waals surface area contributed by atoms with E-state index in [1.165, 1.54) is 0 Å². The summed E-state index contributed by atoms with van der Waals surface area (Å²) < 4.78 is 11.9. The quantitative estimate of drug-likeness (QED) is 0.841. The summed E-state index contributed by atoms with van der Waals surface area (Å²) in [6.07, 6.45) is 1.88. The SMILES string of the molecule is CCOCC(=O)N1Cc2ccccc2OC2(CCN(C(C)C)CC2)C1. The van der Waals surface area contributed by atoms with Gasteiger partial charge >= 0.3 is 0 Å². The van der Waals surface area contributed by atoms with Crippen LogP contribution in [-0.2, 0) is 16.1 Å². The number of amides is 1. The molecule has 138 valence electrons. The summed E-state index contributed by atoms with van der Waals surface area (Å²) >= 11 is 0. The Morgan fingerprint density at radius 1 is 1.28 bits per heavy atom. The second-order valence-corrected chi connectivity index (χ2v) is 7.41. The lowest BCUT2D eigenvalue weighted by Crippen LogP contribution is -2.55. The zero-order chi connectivity index (χ0) is 17.9. The summed E-state index contributed by atoms with van der Waals surface area (Å²) in [4.78, 5) is 17.1. The molecule has 0 bridgehead atoms. The van der Waals surface area contributed by atoms with Crippen LogP contribution in [0.1, 0.15) is 39.2 Å². The predicted octanol–water partition coefficient (Wildman–Crippen LogP) is 2.69. The van der Waals surface area contributed by atoms with Gasteiger partial charge in [0.2, 0.25) is 5.91 Å². The fraction of sp³-hybridized carbons (Fsp3) is 0.650. The van der Waals surface area contributed by atoms with Gasteiger partial charge in [-0.2, -0.15) is 0 Å². The summed E-state index contributed by atoms with van der Waals surface area (Å²) in [5, 5.41) is 0. The maximum absolute atomic E-state index is 12.7. The molecule has 1 aromatic rings. The van der Waals surface area contributed by atoms with E-state index in [2.05, 4.69) is 24.8 Å². The van der Waals surface area contributed by atoms with Gasteiger partial charge in [-0.3, -0.25) is 4.79 Å². The number of benzene rings is 1. The van der Waals surface area contributed by atoms with E-state index in [4.69, 9.17) is 9.47 Å². The third kappa shape index (κ3) is 4.15. The van der Waals surface area contributed by atoms with Gasteiger partial charge in [-0.1, -0.05) is 18.2 Å². The zero-order valence-corrected chi connectivity index (χ0v) is 15.7. The lowest BCUT2D eigenvalue weighted by Gasteiger charge is -2.44. The molecule has 0 aliphatic carbocycles. The minimum absolute atomic E-state index is 0.0489. The van der Waals surface area contributed by atoms with Crippen LogP contribution in [0.15, 0.2) is 24.3 Å². The largest absolute Gasteiger partial charge is 0.485 e. The van der Waals surface area contributed by atoms with Crippen molar-refractivity contribution >= 4 is 5.91 Å². The topological polar surface area (TPSA) is 42.0 Å². The Morgan fingerprint density at radius 3 is 2.68 bits per heavy atom. The maximum atomic E-state index is 12.7. The molecule has 2 aliphatic heterocycles. The highest BCUT2D eigenvalue weighted by Crippen LogP contribution is 2.35. The number of rotatable bonds is 4. The molecular formula is C20H30N2O3. The molecule has 0 aromatic heterocycles. The molecule has 1 fully saturated rings. The minimum Gasteiger partial charge on any atom is -0.485 e. The molecule has 3 rings (SSSR count).